The number of anilines is 1. The minimum absolute atomic E-state index is 0.480. The second kappa shape index (κ2) is 4.13. The van der Waals surface area contributed by atoms with Crippen molar-refractivity contribution in [1.82, 2.24) is 0 Å². The first-order valence-corrected chi connectivity index (χ1v) is 4.63. The Morgan fingerprint density at radius 1 is 1.38 bits per heavy atom. The van der Waals surface area contributed by atoms with Crippen LogP contribution in [-0.2, 0) is 0 Å². The molecule has 0 spiro atoms. The lowest BCUT2D eigenvalue weighted by Gasteiger charge is -2.12. The van der Waals surface area contributed by atoms with Crippen LogP contribution in [0.4, 0.5) is 5.69 Å². The molecule has 0 aliphatic carbocycles. The smallest absolute Gasteiger partial charge is 0.0372 e. The summed E-state index contributed by atoms with van der Waals surface area (Å²) >= 11 is 0. The molecule has 1 aromatic rings. The third-order valence-corrected chi connectivity index (χ3v) is 1.93. The van der Waals surface area contributed by atoms with E-state index in [4.69, 9.17) is 0 Å². The van der Waals surface area contributed by atoms with Crippen LogP contribution in [0.1, 0.15) is 25.0 Å². The predicted molar refractivity (Wildman–Crippen MR) is 60.0 cm³/mol. The van der Waals surface area contributed by atoms with Gasteiger partial charge >= 0.3 is 0 Å². The van der Waals surface area contributed by atoms with Gasteiger partial charge in [-0.25, -0.2) is 0 Å². The van der Waals surface area contributed by atoms with E-state index >= 15 is 0 Å². The minimum atomic E-state index is 0.480. The summed E-state index contributed by atoms with van der Waals surface area (Å²) < 4.78 is 0. The number of aryl methyl sites for hydroxylation is 1. The molecule has 1 aromatic carbocycles. The molecule has 1 nitrogen and oxygen atoms in total. The molecule has 0 aromatic heterocycles. The zero-order valence-corrected chi connectivity index (χ0v) is 8.59. The fourth-order valence-corrected chi connectivity index (χ4v) is 1.29. The van der Waals surface area contributed by atoms with E-state index in [1.54, 1.807) is 0 Å². The summed E-state index contributed by atoms with van der Waals surface area (Å²) in [5.41, 5.74) is 3.65. The molecule has 1 rings (SSSR count). The summed E-state index contributed by atoms with van der Waals surface area (Å²) in [4.78, 5) is 0. The number of hydrogen-bond acceptors (Lipinski definition) is 1. The normalized spacial score (nSPS) is 10.2. The molecule has 0 fully saturated rings. The number of benzene rings is 1. The van der Waals surface area contributed by atoms with E-state index in [0.29, 0.717) is 6.04 Å². The summed E-state index contributed by atoms with van der Waals surface area (Å²) in [6.07, 6.45) is 1.87. The highest BCUT2D eigenvalue weighted by Gasteiger charge is 1.99. The Morgan fingerprint density at radius 3 is 2.54 bits per heavy atom. The number of rotatable bonds is 3. The van der Waals surface area contributed by atoms with Crippen molar-refractivity contribution in [3.8, 4) is 0 Å². The maximum absolute atomic E-state index is 3.74. The van der Waals surface area contributed by atoms with E-state index in [9.17, 15) is 0 Å². The number of nitrogens with one attached hydrogen (secondary N) is 1. The van der Waals surface area contributed by atoms with Crippen LogP contribution in [0.5, 0.6) is 0 Å². The van der Waals surface area contributed by atoms with E-state index < -0.39 is 0 Å². The molecule has 0 unspecified atom stereocenters. The maximum atomic E-state index is 3.74. The standard InChI is InChI=1S/C12H17N/c1-5-11-6-7-12(10(4)8-11)13-9(2)3/h5-9,13H,1H2,2-4H3. The van der Waals surface area contributed by atoms with Crippen molar-refractivity contribution in [3.63, 3.8) is 0 Å². The topological polar surface area (TPSA) is 12.0 Å². The van der Waals surface area contributed by atoms with Crippen molar-refractivity contribution in [2.24, 2.45) is 0 Å². The molecule has 70 valence electrons. The zero-order chi connectivity index (χ0) is 9.84. The molecule has 0 radical (unpaired) electrons. The van der Waals surface area contributed by atoms with Crippen molar-refractivity contribution in [3.05, 3.63) is 35.9 Å². The molecule has 0 atom stereocenters. The van der Waals surface area contributed by atoms with Gasteiger partial charge in [0.05, 0.1) is 0 Å². The van der Waals surface area contributed by atoms with Crippen LogP contribution in [0.25, 0.3) is 6.08 Å². The summed E-state index contributed by atoms with van der Waals surface area (Å²) in [6.45, 7) is 10.1. The SMILES string of the molecule is C=Cc1ccc(NC(C)C)c(C)c1. The minimum Gasteiger partial charge on any atom is -0.383 e. The first-order chi connectivity index (χ1) is 6.13. The van der Waals surface area contributed by atoms with Gasteiger partial charge in [0, 0.05) is 11.7 Å². The van der Waals surface area contributed by atoms with Crippen LogP contribution in [0.2, 0.25) is 0 Å². The third kappa shape index (κ3) is 2.62. The molecule has 13 heavy (non-hydrogen) atoms. The molecule has 0 heterocycles. The molecule has 0 aliphatic heterocycles. The lowest BCUT2D eigenvalue weighted by Crippen LogP contribution is -2.10. The van der Waals surface area contributed by atoms with Gasteiger partial charge in [0.2, 0.25) is 0 Å². The van der Waals surface area contributed by atoms with E-state index in [2.05, 4.69) is 50.9 Å². The Balaban J connectivity index is 2.91. The summed E-state index contributed by atoms with van der Waals surface area (Å²) in [5.74, 6) is 0. The van der Waals surface area contributed by atoms with Crippen molar-refractivity contribution in [1.29, 1.82) is 0 Å². The molecule has 0 aliphatic rings. The average molecular weight is 175 g/mol. The quantitative estimate of drug-likeness (QED) is 0.741. The van der Waals surface area contributed by atoms with Crippen LogP contribution < -0.4 is 5.32 Å². The van der Waals surface area contributed by atoms with Crippen molar-refractivity contribution in [2.75, 3.05) is 5.32 Å². The Kier molecular flexibility index (Phi) is 3.13. The molecule has 0 saturated carbocycles. The van der Waals surface area contributed by atoms with Gasteiger partial charge in [-0.05, 0) is 38.0 Å². The summed E-state index contributed by atoms with van der Waals surface area (Å²) in [7, 11) is 0. The van der Waals surface area contributed by atoms with Gasteiger partial charge < -0.3 is 5.32 Å². The van der Waals surface area contributed by atoms with Crippen LogP contribution in [-0.4, -0.2) is 6.04 Å². The highest BCUT2D eigenvalue weighted by atomic mass is 14.9. The Bertz CT molecular complexity index is 300. The van der Waals surface area contributed by atoms with E-state index in [1.165, 1.54) is 16.8 Å². The largest absolute Gasteiger partial charge is 0.383 e. The Hall–Kier alpha value is -1.24. The fraction of sp³-hybridized carbons (Fsp3) is 0.333. The zero-order valence-electron chi connectivity index (χ0n) is 8.59. The average Bonchev–Trinajstić information content (AvgIpc) is 2.08. The Labute approximate surface area is 80.5 Å². The van der Waals surface area contributed by atoms with Gasteiger partial charge in [-0.2, -0.15) is 0 Å². The second-order valence-corrected chi connectivity index (χ2v) is 3.58. The lowest BCUT2D eigenvalue weighted by atomic mass is 10.1. The maximum Gasteiger partial charge on any atom is 0.0372 e. The second-order valence-electron chi connectivity index (χ2n) is 3.58. The molecule has 0 bridgehead atoms. The molecule has 0 saturated heterocycles. The summed E-state index contributed by atoms with van der Waals surface area (Å²) in [6, 6.07) is 6.79. The van der Waals surface area contributed by atoms with Crippen molar-refractivity contribution >= 4 is 11.8 Å². The van der Waals surface area contributed by atoms with Gasteiger partial charge in [0.15, 0.2) is 0 Å². The molecule has 1 heteroatoms. The lowest BCUT2D eigenvalue weighted by molar-refractivity contribution is 0.897. The highest BCUT2D eigenvalue weighted by Crippen LogP contribution is 2.17. The predicted octanol–water partition coefficient (Wildman–Crippen LogP) is 3.46. The summed E-state index contributed by atoms with van der Waals surface area (Å²) in [5, 5.41) is 3.39. The molecular formula is C12H17N. The highest BCUT2D eigenvalue weighted by molar-refractivity contribution is 5.58. The third-order valence-electron chi connectivity index (χ3n) is 1.93. The van der Waals surface area contributed by atoms with Crippen LogP contribution in [0, 0.1) is 6.92 Å². The number of hydrogen-bond donors (Lipinski definition) is 1. The molecular weight excluding hydrogens is 158 g/mol. The van der Waals surface area contributed by atoms with E-state index in [0.717, 1.165) is 0 Å². The van der Waals surface area contributed by atoms with Gasteiger partial charge in [0.1, 0.15) is 0 Å². The molecule has 1 N–H and O–H groups in total. The first-order valence-electron chi connectivity index (χ1n) is 4.63. The van der Waals surface area contributed by atoms with Gasteiger partial charge in [-0.15, -0.1) is 0 Å². The van der Waals surface area contributed by atoms with Crippen molar-refractivity contribution in [2.45, 2.75) is 26.8 Å². The van der Waals surface area contributed by atoms with Crippen LogP contribution in [0.3, 0.4) is 0 Å². The van der Waals surface area contributed by atoms with E-state index in [1.807, 2.05) is 6.08 Å². The monoisotopic (exact) mass is 175 g/mol. The van der Waals surface area contributed by atoms with Gasteiger partial charge in [-0.1, -0.05) is 24.8 Å². The molecule has 0 amide bonds. The van der Waals surface area contributed by atoms with Crippen LogP contribution in [0.15, 0.2) is 24.8 Å². The van der Waals surface area contributed by atoms with Gasteiger partial charge in [-0.3, -0.25) is 0 Å². The van der Waals surface area contributed by atoms with Crippen molar-refractivity contribution < 1.29 is 0 Å². The fourth-order valence-electron chi connectivity index (χ4n) is 1.29. The van der Waals surface area contributed by atoms with Gasteiger partial charge in [0.25, 0.3) is 0 Å². The Morgan fingerprint density at radius 2 is 2.08 bits per heavy atom. The first kappa shape index (κ1) is 9.85. The van der Waals surface area contributed by atoms with Crippen LogP contribution >= 0.6 is 0 Å². The van der Waals surface area contributed by atoms with E-state index in [-0.39, 0.29) is 0 Å².